The van der Waals surface area contributed by atoms with Gasteiger partial charge >= 0.3 is 18.4 Å². The predicted molar refractivity (Wildman–Crippen MR) is 269 cm³/mol. The van der Waals surface area contributed by atoms with Gasteiger partial charge in [0.25, 0.3) is 20.0 Å². The number of anilines is 4. The third kappa shape index (κ3) is 16.1. The number of halogens is 12. The molecule has 0 aliphatic heterocycles. The van der Waals surface area contributed by atoms with Crippen molar-refractivity contribution in [1.29, 1.82) is 0 Å². The fourth-order valence-electron chi connectivity index (χ4n) is 5.76. The number of hydrogen-bond acceptors (Lipinski definition) is 12. The predicted octanol–water partition coefficient (Wildman–Crippen LogP) is 12.2. The molecule has 0 radical (unpaired) electrons. The molecule has 16 nitrogen and oxygen atoms in total. The zero-order valence-electron chi connectivity index (χ0n) is 37.4. The number of nitrogens with zero attached hydrogens (tertiary/aromatic N) is 3. The number of carbonyl (C=O) groups is 3. The fraction of sp³-hybridized carbons (Fsp3) is 0.136. The Bertz CT molecular complexity index is 3420. The standard InChI is InChI=1S/C23H18Cl3F3N4O4S.C19H11Cl3F3N3O3S.C2H3NO/c1-11(2)31-22(35)32-13-3-5-17(25)15(8-13)21(34)20-19(7-12(24)10-30-20)33-38(36,37)14-4-6-18(26)16(9-14)23(27,28)29;20-9-5-16(17(27-8-9)18(29)12-6-10(26)1-3-14(12)21)28-32(30,31)11-2-4-15(22)13(7-11)19(23,24)25;1-3-2-4/h3-11,33H,1-2H3,(H2,31,32,35);1-8,28H,26H2;1H3. The molecule has 0 spiro atoms. The number of aliphatic imine (C=N–C) groups is 1. The number of amides is 2. The highest BCUT2D eigenvalue weighted by Gasteiger charge is 2.36. The number of aromatic nitrogens is 2. The normalized spacial score (nSPS) is 11.5. The summed E-state index contributed by atoms with van der Waals surface area (Å²) in [6.07, 6.45) is -6.33. The second kappa shape index (κ2) is 24.9. The average Bonchev–Trinajstić information content (AvgIpc) is 3.29. The minimum Gasteiger partial charge on any atom is -0.399 e. The molecule has 6 aromatic rings. The number of nitrogens with one attached hydrogen (secondary N) is 4. The molecule has 2 heterocycles. The Kier molecular flexibility index (Phi) is 20.3. The van der Waals surface area contributed by atoms with Crippen molar-refractivity contribution in [2.45, 2.75) is 42.0 Å². The first-order valence-electron chi connectivity index (χ1n) is 19.9. The molecule has 6 N–H and O–H groups in total. The number of urea groups is 1. The van der Waals surface area contributed by atoms with Crippen LogP contribution in [0.5, 0.6) is 0 Å². The first kappa shape index (κ1) is 60.3. The number of hydrogen-bond donors (Lipinski definition) is 5. The molecular formula is C44H32Cl6F6N8O8S2. The van der Waals surface area contributed by atoms with Crippen LogP contribution in [0.25, 0.3) is 0 Å². The number of pyridine rings is 2. The summed E-state index contributed by atoms with van der Waals surface area (Å²) in [6, 6.07) is 13.6. The molecular weight excluding hydrogens is 1160 g/mol. The van der Waals surface area contributed by atoms with Crippen molar-refractivity contribution in [2.75, 3.05) is 27.5 Å². The summed E-state index contributed by atoms with van der Waals surface area (Å²) in [4.78, 5) is 56.4. The number of nitrogen functional groups attached to an aromatic ring is 1. The fourth-order valence-corrected chi connectivity index (χ4v) is 9.10. The molecule has 0 fully saturated rings. The molecule has 0 saturated carbocycles. The number of alkyl halides is 6. The van der Waals surface area contributed by atoms with Gasteiger partial charge in [-0.1, -0.05) is 69.6 Å². The van der Waals surface area contributed by atoms with E-state index in [0.29, 0.717) is 12.1 Å². The summed E-state index contributed by atoms with van der Waals surface area (Å²) in [5.74, 6) is -1.65. The molecule has 2 aromatic heterocycles. The van der Waals surface area contributed by atoms with Crippen molar-refractivity contribution in [2.24, 2.45) is 4.99 Å². The lowest BCUT2D eigenvalue weighted by Crippen LogP contribution is -2.34. The maximum absolute atomic E-state index is 13.3. The van der Waals surface area contributed by atoms with Crippen molar-refractivity contribution in [1.82, 2.24) is 15.3 Å². The Morgan fingerprint density at radius 2 is 1.01 bits per heavy atom. The molecule has 392 valence electrons. The van der Waals surface area contributed by atoms with Gasteiger partial charge in [-0.2, -0.15) is 26.3 Å². The van der Waals surface area contributed by atoms with Gasteiger partial charge in [-0.25, -0.2) is 41.4 Å². The van der Waals surface area contributed by atoms with Crippen molar-refractivity contribution >= 4 is 136 Å². The molecule has 30 heteroatoms. The lowest BCUT2D eigenvalue weighted by Gasteiger charge is -2.15. The number of rotatable bonds is 12. The van der Waals surface area contributed by atoms with Crippen molar-refractivity contribution in [3.63, 3.8) is 0 Å². The van der Waals surface area contributed by atoms with E-state index in [4.69, 9.17) is 80.1 Å². The van der Waals surface area contributed by atoms with Gasteiger partial charge in [0.05, 0.1) is 62.4 Å². The van der Waals surface area contributed by atoms with Crippen LogP contribution in [0.1, 0.15) is 57.1 Å². The minimum atomic E-state index is -4.91. The SMILES string of the molecule is CC(C)NC(=O)Nc1ccc(Cl)c(C(=O)c2ncc(Cl)cc2NS(=O)(=O)c2ccc(Cl)c(C(F)(F)F)c2)c1.CN=C=O.Nc1ccc(Cl)c(C(=O)c2ncc(Cl)cc2NS(=O)(=O)c2ccc(Cl)c(C(F)(F)F)c2)c1. The van der Waals surface area contributed by atoms with Gasteiger partial charge in [-0.05, 0) is 98.8 Å². The van der Waals surface area contributed by atoms with Crippen LogP contribution in [0, 0.1) is 0 Å². The van der Waals surface area contributed by atoms with Gasteiger partial charge < -0.3 is 16.4 Å². The van der Waals surface area contributed by atoms with Crippen LogP contribution in [-0.2, 0) is 37.2 Å². The lowest BCUT2D eigenvalue weighted by molar-refractivity contribution is -0.138. The molecule has 2 amide bonds. The molecule has 74 heavy (non-hydrogen) atoms. The van der Waals surface area contributed by atoms with E-state index in [2.05, 4.69) is 30.3 Å². The number of isocyanates is 1. The van der Waals surface area contributed by atoms with Crippen LogP contribution in [0.15, 0.2) is 112 Å². The van der Waals surface area contributed by atoms with Gasteiger partial charge in [0, 0.05) is 48.0 Å². The van der Waals surface area contributed by atoms with E-state index in [9.17, 15) is 57.6 Å². The van der Waals surface area contributed by atoms with E-state index in [-0.39, 0.29) is 54.3 Å². The van der Waals surface area contributed by atoms with Gasteiger partial charge in [-0.15, -0.1) is 0 Å². The van der Waals surface area contributed by atoms with Crippen molar-refractivity contribution in [3.8, 4) is 0 Å². The van der Waals surface area contributed by atoms with E-state index in [1.807, 2.05) is 4.72 Å². The van der Waals surface area contributed by atoms with Gasteiger partial charge in [-0.3, -0.25) is 19.0 Å². The largest absolute Gasteiger partial charge is 0.417 e. The quantitative estimate of drug-likeness (QED) is 0.0253. The van der Waals surface area contributed by atoms with E-state index in [0.717, 1.165) is 48.8 Å². The maximum atomic E-state index is 13.3. The highest BCUT2D eigenvalue weighted by atomic mass is 35.5. The van der Waals surface area contributed by atoms with Crippen LogP contribution in [0.4, 0.5) is 53.9 Å². The molecule has 0 saturated heterocycles. The number of sulfonamides is 2. The summed E-state index contributed by atoms with van der Waals surface area (Å²) >= 11 is 35.2. The Morgan fingerprint density at radius 3 is 1.41 bits per heavy atom. The smallest absolute Gasteiger partial charge is 0.399 e. The Balaban J connectivity index is 0.000000302. The zero-order valence-corrected chi connectivity index (χ0v) is 43.5. The van der Waals surface area contributed by atoms with E-state index in [1.165, 1.54) is 49.5 Å². The average molecular weight is 1190 g/mol. The van der Waals surface area contributed by atoms with E-state index >= 15 is 0 Å². The van der Waals surface area contributed by atoms with Gasteiger partial charge in [0.1, 0.15) is 11.4 Å². The van der Waals surface area contributed by atoms with Gasteiger partial charge in [0.15, 0.2) is 0 Å². The van der Waals surface area contributed by atoms with Crippen molar-refractivity contribution < 1.29 is 62.4 Å². The first-order chi connectivity index (χ1) is 34.3. The molecule has 4 aromatic carbocycles. The van der Waals surface area contributed by atoms with Gasteiger partial charge in [0.2, 0.25) is 17.6 Å². The second-order valence-electron chi connectivity index (χ2n) is 14.7. The number of ketones is 2. The number of carbonyl (C=O) groups excluding carboxylic acids is 4. The highest BCUT2D eigenvalue weighted by Crippen LogP contribution is 2.38. The lowest BCUT2D eigenvalue weighted by atomic mass is 10.1. The molecule has 0 unspecified atom stereocenters. The summed E-state index contributed by atoms with van der Waals surface area (Å²) in [7, 11) is -7.89. The minimum absolute atomic E-state index is 0.0299. The molecule has 0 aliphatic carbocycles. The maximum Gasteiger partial charge on any atom is 0.417 e. The zero-order chi connectivity index (χ0) is 55.7. The summed E-state index contributed by atoms with van der Waals surface area (Å²) in [5.41, 5.74) is 1.56. The molecule has 0 bridgehead atoms. The third-order valence-electron chi connectivity index (χ3n) is 8.95. The second-order valence-corrected chi connectivity index (χ2v) is 20.6. The van der Waals surface area contributed by atoms with Crippen LogP contribution >= 0.6 is 69.6 Å². The van der Waals surface area contributed by atoms with E-state index in [1.54, 1.807) is 13.8 Å². The van der Waals surface area contributed by atoms with E-state index < -0.39 is 98.0 Å². The Labute approximate surface area is 446 Å². The van der Waals surface area contributed by atoms with Crippen LogP contribution in [0.2, 0.25) is 30.1 Å². The molecule has 0 atom stereocenters. The number of benzene rings is 4. The topological polar surface area (TPSA) is 249 Å². The number of nitrogens with two attached hydrogens (primary N) is 1. The van der Waals surface area contributed by atoms with Crippen LogP contribution < -0.4 is 25.8 Å². The molecule has 0 aliphatic rings. The third-order valence-corrected chi connectivity index (χ3v) is 13.4. The van der Waals surface area contributed by atoms with Crippen LogP contribution in [0.3, 0.4) is 0 Å². The van der Waals surface area contributed by atoms with Crippen molar-refractivity contribution in [3.05, 3.63) is 161 Å². The monoisotopic (exact) mass is 1190 g/mol. The Hall–Kier alpha value is -6.21. The summed E-state index contributed by atoms with van der Waals surface area (Å²) in [5, 5.41) is 3.66. The highest BCUT2D eigenvalue weighted by molar-refractivity contribution is 7.93. The molecule has 6 rings (SSSR count). The summed E-state index contributed by atoms with van der Waals surface area (Å²) in [6.45, 7) is 3.50. The first-order valence-corrected chi connectivity index (χ1v) is 25.1. The Morgan fingerprint density at radius 1 is 0.622 bits per heavy atom. The van der Waals surface area contributed by atoms with Crippen LogP contribution in [-0.4, -0.2) is 63.6 Å². The summed E-state index contributed by atoms with van der Waals surface area (Å²) < 4.78 is 135.